The van der Waals surface area contributed by atoms with Gasteiger partial charge in [0.2, 0.25) is 5.91 Å². The van der Waals surface area contributed by atoms with Crippen LogP contribution in [0, 0.1) is 0 Å². The van der Waals surface area contributed by atoms with Crippen LogP contribution >= 0.6 is 0 Å². The number of nitrogens with zero attached hydrogens (tertiary/aromatic N) is 1. The first-order chi connectivity index (χ1) is 9.81. The van der Waals surface area contributed by atoms with Crippen molar-refractivity contribution in [1.29, 1.82) is 0 Å². The Bertz CT molecular complexity index is 405. The highest BCUT2D eigenvalue weighted by Crippen LogP contribution is 2.22. The second-order valence-corrected chi connectivity index (χ2v) is 5.61. The van der Waals surface area contributed by atoms with Gasteiger partial charge in [0, 0.05) is 19.0 Å². The molecular weight excluding hydrogens is 248 g/mol. The molecule has 0 bridgehead atoms. The molecule has 1 fully saturated rings. The van der Waals surface area contributed by atoms with Crippen LogP contribution < -0.4 is 5.32 Å². The third kappa shape index (κ3) is 4.34. The fourth-order valence-corrected chi connectivity index (χ4v) is 3.00. The molecule has 3 heteroatoms. The second-order valence-electron chi connectivity index (χ2n) is 5.61. The van der Waals surface area contributed by atoms with Gasteiger partial charge in [-0.1, -0.05) is 30.3 Å². The standard InChI is InChI=1S/C17H26N2O/c1-18-13-5-10-17(20)19-14-6-9-16(19)12-11-15-7-3-2-4-8-15/h2-4,7-8,16,18H,5-6,9-14H2,1H3. The Morgan fingerprint density at radius 3 is 2.90 bits per heavy atom. The molecule has 3 nitrogen and oxygen atoms in total. The second kappa shape index (κ2) is 8.05. The van der Waals surface area contributed by atoms with Gasteiger partial charge in [-0.3, -0.25) is 4.79 Å². The molecule has 2 rings (SSSR count). The fraction of sp³-hybridized carbons (Fsp3) is 0.588. The van der Waals surface area contributed by atoms with Crippen LogP contribution in [-0.2, 0) is 11.2 Å². The van der Waals surface area contributed by atoms with Gasteiger partial charge in [-0.25, -0.2) is 0 Å². The molecule has 0 aliphatic carbocycles. The Hall–Kier alpha value is -1.35. The van der Waals surface area contributed by atoms with Crippen molar-refractivity contribution < 1.29 is 4.79 Å². The number of rotatable bonds is 7. The maximum absolute atomic E-state index is 12.2. The summed E-state index contributed by atoms with van der Waals surface area (Å²) in [7, 11) is 1.93. The first kappa shape index (κ1) is 15.0. The minimum atomic E-state index is 0.343. The molecule has 1 aliphatic rings. The van der Waals surface area contributed by atoms with Crippen molar-refractivity contribution in [2.24, 2.45) is 0 Å². The number of hydrogen-bond donors (Lipinski definition) is 1. The summed E-state index contributed by atoms with van der Waals surface area (Å²) in [5.41, 5.74) is 1.38. The summed E-state index contributed by atoms with van der Waals surface area (Å²) in [4.78, 5) is 14.4. The number of aryl methyl sites for hydroxylation is 1. The van der Waals surface area contributed by atoms with Crippen LogP contribution in [0.3, 0.4) is 0 Å². The summed E-state index contributed by atoms with van der Waals surface area (Å²) in [6.45, 7) is 1.88. The Morgan fingerprint density at radius 2 is 2.15 bits per heavy atom. The minimum absolute atomic E-state index is 0.343. The van der Waals surface area contributed by atoms with E-state index in [1.807, 2.05) is 7.05 Å². The lowest BCUT2D eigenvalue weighted by atomic mass is 10.0. The van der Waals surface area contributed by atoms with E-state index in [0.717, 1.165) is 38.8 Å². The fourth-order valence-electron chi connectivity index (χ4n) is 3.00. The molecule has 0 aromatic heterocycles. The van der Waals surface area contributed by atoms with Gasteiger partial charge < -0.3 is 10.2 Å². The topological polar surface area (TPSA) is 32.3 Å². The highest BCUT2D eigenvalue weighted by molar-refractivity contribution is 5.76. The zero-order chi connectivity index (χ0) is 14.2. The van der Waals surface area contributed by atoms with E-state index >= 15 is 0 Å². The van der Waals surface area contributed by atoms with Gasteiger partial charge in [0.05, 0.1) is 0 Å². The third-order valence-electron chi connectivity index (χ3n) is 4.12. The molecule has 1 amide bonds. The molecule has 1 N–H and O–H groups in total. The molecule has 110 valence electrons. The normalized spacial score (nSPS) is 18.4. The first-order valence-electron chi connectivity index (χ1n) is 7.79. The maximum Gasteiger partial charge on any atom is 0.222 e. The highest BCUT2D eigenvalue weighted by Gasteiger charge is 2.27. The zero-order valence-corrected chi connectivity index (χ0v) is 12.5. The smallest absolute Gasteiger partial charge is 0.222 e. The molecule has 1 aromatic carbocycles. The molecule has 1 heterocycles. The van der Waals surface area contributed by atoms with Crippen molar-refractivity contribution in [3.8, 4) is 0 Å². The lowest BCUT2D eigenvalue weighted by Gasteiger charge is -2.25. The molecule has 1 aliphatic heterocycles. The van der Waals surface area contributed by atoms with Gasteiger partial charge in [0.15, 0.2) is 0 Å². The number of carbonyl (C=O) groups is 1. The van der Waals surface area contributed by atoms with Crippen molar-refractivity contribution in [3.63, 3.8) is 0 Å². The first-order valence-corrected chi connectivity index (χ1v) is 7.79. The Kier molecular flexibility index (Phi) is 6.06. The van der Waals surface area contributed by atoms with Gasteiger partial charge in [-0.05, 0) is 51.3 Å². The van der Waals surface area contributed by atoms with Gasteiger partial charge in [-0.15, -0.1) is 0 Å². The van der Waals surface area contributed by atoms with E-state index < -0.39 is 0 Å². The highest BCUT2D eigenvalue weighted by atomic mass is 16.2. The van der Waals surface area contributed by atoms with E-state index in [9.17, 15) is 4.79 Å². The monoisotopic (exact) mass is 274 g/mol. The zero-order valence-electron chi connectivity index (χ0n) is 12.5. The molecule has 0 saturated carbocycles. The number of hydrogen-bond acceptors (Lipinski definition) is 2. The lowest BCUT2D eigenvalue weighted by molar-refractivity contribution is -0.132. The third-order valence-corrected chi connectivity index (χ3v) is 4.12. The van der Waals surface area contributed by atoms with Crippen LogP contribution in [0.5, 0.6) is 0 Å². The Morgan fingerprint density at radius 1 is 1.35 bits per heavy atom. The number of nitrogens with one attached hydrogen (secondary N) is 1. The van der Waals surface area contributed by atoms with Crippen LogP contribution in [0.4, 0.5) is 0 Å². The van der Waals surface area contributed by atoms with Crippen molar-refractivity contribution in [3.05, 3.63) is 35.9 Å². The van der Waals surface area contributed by atoms with E-state index in [-0.39, 0.29) is 0 Å². The molecule has 1 unspecified atom stereocenters. The molecule has 1 saturated heterocycles. The van der Waals surface area contributed by atoms with Crippen molar-refractivity contribution in [1.82, 2.24) is 10.2 Å². The van der Waals surface area contributed by atoms with E-state index in [2.05, 4.69) is 40.5 Å². The summed E-state index contributed by atoms with van der Waals surface area (Å²) in [5.74, 6) is 0.343. The van der Waals surface area contributed by atoms with Crippen LogP contribution in [0.1, 0.15) is 37.7 Å². The Balaban J connectivity index is 1.79. The predicted octanol–water partition coefficient (Wildman–Crippen LogP) is 2.61. The molecule has 0 radical (unpaired) electrons. The number of carbonyl (C=O) groups excluding carboxylic acids is 1. The van der Waals surface area contributed by atoms with Crippen LogP contribution in [0.15, 0.2) is 30.3 Å². The average molecular weight is 274 g/mol. The van der Waals surface area contributed by atoms with Gasteiger partial charge in [0.1, 0.15) is 0 Å². The molecule has 20 heavy (non-hydrogen) atoms. The van der Waals surface area contributed by atoms with Crippen LogP contribution in [-0.4, -0.2) is 37.0 Å². The number of benzene rings is 1. The van der Waals surface area contributed by atoms with Crippen molar-refractivity contribution in [2.75, 3.05) is 20.1 Å². The lowest BCUT2D eigenvalue weighted by Crippen LogP contribution is -2.36. The molecule has 1 atom stereocenters. The minimum Gasteiger partial charge on any atom is -0.340 e. The van der Waals surface area contributed by atoms with Crippen LogP contribution in [0.25, 0.3) is 0 Å². The van der Waals surface area contributed by atoms with Crippen LogP contribution in [0.2, 0.25) is 0 Å². The van der Waals surface area contributed by atoms with Crippen molar-refractivity contribution in [2.45, 2.75) is 44.6 Å². The summed E-state index contributed by atoms with van der Waals surface area (Å²) in [6, 6.07) is 11.0. The summed E-state index contributed by atoms with van der Waals surface area (Å²) in [6.07, 6.45) is 6.13. The van der Waals surface area contributed by atoms with Gasteiger partial charge in [-0.2, -0.15) is 0 Å². The summed E-state index contributed by atoms with van der Waals surface area (Å²) >= 11 is 0. The van der Waals surface area contributed by atoms with Gasteiger partial charge in [0.25, 0.3) is 0 Å². The quantitative estimate of drug-likeness (QED) is 0.775. The number of amides is 1. The van der Waals surface area contributed by atoms with E-state index in [0.29, 0.717) is 18.4 Å². The van der Waals surface area contributed by atoms with E-state index in [4.69, 9.17) is 0 Å². The molecular formula is C17H26N2O. The van der Waals surface area contributed by atoms with E-state index in [1.165, 1.54) is 12.0 Å². The van der Waals surface area contributed by atoms with E-state index in [1.54, 1.807) is 0 Å². The van der Waals surface area contributed by atoms with Crippen molar-refractivity contribution >= 4 is 5.91 Å². The van der Waals surface area contributed by atoms with Gasteiger partial charge >= 0.3 is 0 Å². The molecule has 0 spiro atoms. The largest absolute Gasteiger partial charge is 0.340 e. The maximum atomic E-state index is 12.2. The average Bonchev–Trinajstić information content (AvgIpc) is 2.95. The number of likely N-dealkylation sites (tertiary alicyclic amines) is 1. The summed E-state index contributed by atoms with van der Waals surface area (Å²) in [5, 5.41) is 3.10. The SMILES string of the molecule is CNCCCC(=O)N1CCCC1CCc1ccccc1. The predicted molar refractivity (Wildman–Crippen MR) is 82.7 cm³/mol. The Labute approximate surface area is 122 Å². The summed E-state index contributed by atoms with van der Waals surface area (Å²) < 4.78 is 0. The molecule has 1 aromatic rings.